The number of ether oxygens (including phenoxy) is 1. The zero-order valence-corrected chi connectivity index (χ0v) is 13.4. The molecule has 3 N–H and O–H groups in total. The van der Waals surface area contributed by atoms with E-state index in [4.69, 9.17) is 27.9 Å². The van der Waals surface area contributed by atoms with Crippen molar-refractivity contribution >= 4 is 29.2 Å². The molecule has 2 amide bonds. The summed E-state index contributed by atoms with van der Waals surface area (Å²) in [6, 6.07) is 4.49. The summed E-state index contributed by atoms with van der Waals surface area (Å²) >= 11 is 11.7. The van der Waals surface area contributed by atoms with Crippen LogP contribution in [-0.4, -0.2) is 37.9 Å². The van der Waals surface area contributed by atoms with E-state index < -0.39 is 6.10 Å². The van der Waals surface area contributed by atoms with E-state index in [1.54, 1.807) is 25.3 Å². The smallest absolute Gasteiger partial charge is 0.314 e. The first-order chi connectivity index (χ1) is 10.0. The summed E-state index contributed by atoms with van der Waals surface area (Å²) < 4.78 is 4.91. The van der Waals surface area contributed by atoms with Crippen molar-refractivity contribution in [2.45, 2.75) is 18.9 Å². The Morgan fingerprint density at radius 1 is 1.24 bits per heavy atom. The lowest BCUT2D eigenvalue weighted by Crippen LogP contribution is -2.38. The van der Waals surface area contributed by atoms with Crippen LogP contribution in [0.25, 0.3) is 0 Å². The number of rotatable bonds is 8. The summed E-state index contributed by atoms with van der Waals surface area (Å²) in [6.07, 6.45) is 0.870. The lowest BCUT2D eigenvalue weighted by atomic mass is 10.1. The summed E-state index contributed by atoms with van der Waals surface area (Å²) in [6.45, 7) is 1.33. The van der Waals surface area contributed by atoms with Crippen LogP contribution in [0.3, 0.4) is 0 Å². The number of amides is 2. The van der Waals surface area contributed by atoms with Gasteiger partial charge in [-0.05, 0) is 36.6 Å². The molecule has 1 aromatic rings. The Balaban J connectivity index is 2.28. The number of methoxy groups -OCH3 is 1. The molecular formula is C14H20Cl2N2O3. The maximum atomic E-state index is 11.5. The van der Waals surface area contributed by atoms with Gasteiger partial charge in [-0.25, -0.2) is 4.79 Å². The second-order valence-corrected chi connectivity index (χ2v) is 5.43. The number of urea groups is 1. The van der Waals surface area contributed by atoms with Gasteiger partial charge in [0.05, 0.1) is 6.10 Å². The molecule has 0 bridgehead atoms. The van der Waals surface area contributed by atoms with Gasteiger partial charge in [0.2, 0.25) is 0 Å². The van der Waals surface area contributed by atoms with E-state index in [0.29, 0.717) is 28.8 Å². The van der Waals surface area contributed by atoms with Crippen LogP contribution < -0.4 is 10.6 Å². The van der Waals surface area contributed by atoms with Crippen molar-refractivity contribution in [2.75, 3.05) is 26.8 Å². The highest BCUT2D eigenvalue weighted by Crippen LogP contribution is 2.23. The van der Waals surface area contributed by atoms with Crippen molar-refractivity contribution in [1.82, 2.24) is 10.6 Å². The monoisotopic (exact) mass is 334 g/mol. The number of unbranched alkanes of at least 4 members (excludes halogenated alkanes) is 1. The Kier molecular flexibility index (Phi) is 8.45. The van der Waals surface area contributed by atoms with Crippen molar-refractivity contribution < 1.29 is 14.6 Å². The van der Waals surface area contributed by atoms with Crippen LogP contribution >= 0.6 is 23.2 Å². The molecule has 0 radical (unpaired) electrons. The molecule has 0 spiro atoms. The van der Waals surface area contributed by atoms with Crippen LogP contribution in [0, 0.1) is 0 Å². The van der Waals surface area contributed by atoms with Crippen LogP contribution in [0.5, 0.6) is 0 Å². The highest BCUT2D eigenvalue weighted by atomic mass is 35.5. The second kappa shape index (κ2) is 9.84. The normalized spacial score (nSPS) is 12.0. The van der Waals surface area contributed by atoms with Gasteiger partial charge in [0.15, 0.2) is 0 Å². The van der Waals surface area contributed by atoms with Gasteiger partial charge >= 0.3 is 6.03 Å². The van der Waals surface area contributed by atoms with Crippen molar-refractivity contribution in [3.63, 3.8) is 0 Å². The third kappa shape index (κ3) is 7.52. The number of halogens is 2. The van der Waals surface area contributed by atoms with Crippen LogP contribution in [0.1, 0.15) is 24.5 Å². The summed E-state index contributed by atoms with van der Waals surface area (Å²) in [5, 5.41) is 16.2. The van der Waals surface area contributed by atoms with E-state index in [2.05, 4.69) is 10.6 Å². The predicted molar refractivity (Wildman–Crippen MR) is 83.9 cm³/mol. The quantitative estimate of drug-likeness (QED) is 0.640. The number of benzene rings is 1. The van der Waals surface area contributed by atoms with Gasteiger partial charge in [-0.2, -0.15) is 0 Å². The van der Waals surface area contributed by atoms with E-state index in [1.165, 1.54) is 0 Å². The molecule has 1 rings (SSSR count). The Labute approximate surface area is 134 Å². The minimum Gasteiger partial charge on any atom is -0.387 e. The molecule has 21 heavy (non-hydrogen) atoms. The van der Waals surface area contributed by atoms with Gasteiger partial charge < -0.3 is 20.5 Å². The average molecular weight is 335 g/mol. The Morgan fingerprint density at radius 3 is 2.52 bits per heavy atom. The molecule has 118 valence electrons. The van der Waals surface area contributed by atoms with Crippen LogP contribution in [-0.2, 0) is 4.74 Å². The molecule has 1 aromatic carbocycles. The topological polar surface area (TPSA) is 70.6 Å². The minimum absolute atomic E-state index is 0.0839. The molecule has 0 heterocycles. The fraction of sp³-hybridized carbons (Fsp3) is 0.500. The molecule has 0 aliphatic rings. The second-order valence-electron chi connectivity index (χ2n) is 4.56. The molecule has 0 aromatic heterocycles. The summed E-state index contributed by atoms with van der Waals surface area (Å²) in [7, 11) is 1.64. The highest BCUT2D eigenvalue weighted by Gasteiger charge is 2.10. The molecule has 0 fully saturated rings. The number of aliphatic hydroxyl groups excluding tert-OH is 1. The summed E-state index contributed by atoms with van der Waals surface area (Å²) in [5.74, 6) is 0. The van der Waals surface area contributed by atoms with Gasteiger partial charge in [-0.1, -0.05) is 23.2 Å². The first-order valence-corrected chi connectivity index (χ1v) is 7.43. The molecule has 5 nitrogen and oxygen atoms in total. The van der Waals surface area contributed by atoms with E-state index in [1.807, 2.05) is 0 Å². The van der Waals surface area contributed by atoms with Crippen LogP contribution in [0.4, 0.5) is 4.79 Å². The molecule has 0 saturated heterocycles. The first kappa shape index (κ1) is 18.0. The van der Waals surface area contributed by atoms with E-state index in [-0.39, 0.29) is 12.6 Å². The zero-order valence-electron chi connectivity index (χ0n) is 11.9. The fourth-order valence-corrected chi connectivity index (χ4v) is 2.25. The Hall–Kier alpha value is -1.01. The van der Waals surface area contributed by atoms with Crippen molar-refractivity contribution in [3.05, 3.63) is 33.8 Å². The largest absolute Gasteiger partial charge is 0.387 e. The van der Waals surface area contributed by atoms with E-state index in [9.17, 15) is 9.90 Å². The Bertz CT molecular complexity index is 438. The molecule has 0 aliphatic carbocycles. The summed E-state index contributed by atoms with van der Waals surface area (Å²) in [4.78, 5) is 11.5. The highest BCUT2D eigenvalue weighted by molar-refractivity contribution is 6.34. The zero-order chi connectivity index (χ0) is 15.7. The van der Waals surface area contributed by atoms with Gasteiger partial charge in [0.1, 0.15) is 0 Å². The number of carbonyl (C=O) groups excluding carboxylic acids is 1. The predicted octanol–water partition coefficient (Wildman–Crippen LogP) is 2.75. The summed E-state index contributed by atoms with van der Waals surface area (Å²) in [5.41, 5.74) is 0.563. The number of aliphatic hydroxyl groups is 1. The lowest BCUT2D eigenvalue weighted by Gasteiger charge is -2.13. The van der Waals surface area contributed by atoms with Gasteiger partial charge in [0.25, 0.3) is 0 Å². The van der Waals surface area contributed by atoms with Crippen molar-refractivity contribution in [3.8, 4) is 0 Å². The molecular weight excluding hydrogens is 315 g/mol. The van der Waals surface area contributed by atoms with E-state index >= 15 is 0 Å². The third-order valence-electron chi connectivity index (χ3n) is 2.79. The van der Waals surface area contributed by atoms with Gasteiger partial charge in [-0.15, -0.1) is 0 Å². The molecule has 7 heteroatoms. The van der Waals surface area contributed by atoms with Gasteiger partial charge in [0, 0.05) is 36.9 Å². The van der Waals surface area contributed by atoms with Crippen LogP contribution in [0.15, 0.2) is 18.2 Å². The van der Waals surface area contributed by atoms with Gasteiger partial charge in [-0.3, -0.25) is 0 Å². The number of nitrogens with one attached hydrogen (secondary N) is 2. The van der Waals surface area contributed by atoms with Crippen LogP contribution in [0.2, 0.25) is 10.0 Å². The molecule has 0 unspecified atom stereocenters. The third-order valence-corrected chi connectivity index (χ3v) is 3.22. The SMILES string of the molecule is COCCCCNC(=O)NC[C@@H](O)c1cc(Cl)cc(Cl)c1. The maximum Gasteiger partial charge on any atom is 0.314 e. The first-order valence-electron chi connectivity index (χ1n) is 6.67. The molecule has 0 aliphatic heterocycles. The maximum absolute atomic E-state index is 11.5. The average Bonchev–Trinajstić information content (AvgIpc) is 2.43. The Morgan fingerprint density at radius 2 is 1.90 bits per heavy atom. The standard InChI is InChI=1S/C14H20Cl2N2O3/c1-21-5-3-2-4-17-14(20)18-9-13(19)10-6-11(15)8-12(16)7-10/h6-8,13,19H,2-5,9H2,1H3,(H2,17,18,20)/t13-/m1/s1. The lowest BCUT2D eigenvalue weighted by molar-refractivity contribution is 0.173. The van der Waals surface area contributed by atoms with Crippen molar-refractivity contribution in [1.29, 1.82) is 0 Å². The van der Waals surface area contributed by atoms with E-state index in [0.717, 1.165) is 12.8 Å². The number of hydrogen-bond donors (Lipinski definition) is 3. The fourth-order valence-electron chi connectivity index (χ4n) is 1.71. The number of carbonyl (C=O) groups is 1. The molecule has 0 saturated carbocycles. The number of hydrogen-bond acceptors (Lipinski definition) is 3. The molecule has 1 atom stereocenters. The minimum atomic E-state index is -0.861. The van der Waals surface area contributed by atoms with Crippen molar-refractivity contribution in [2.24, 2.45) is 0 Å².